The van der Waals surface area contributed by atoms with Crippen LogP contribution in [0.2, 0.25) is 0 Å². The number of nitrogens with one attached hydrogen (secondary N) is 1. The van der Waals surface area contributed by atoms with Gasteiger partial charge in [0, 0.05) is 25.2 Å². The van der Waals surface area contributed by atoms with Gasteiger partial charge < -0.3 is 10.1 Å². The summed E-state index contributed by atoms with van der Waals surface area (Å²) in [6.45, 7) is 4.18. The highest BCUT2D eigenvalue weighted by Crippen LogP contribution is 2.21. The predicted octanol–water partition coefficient (Wildman–Crippen LogP) is 3.41. The van der Waals surface area contributed by atoms with E-state index in [-0.39, 0.29) is 12.0 Å². The van der Waals surface area contributed by atoms with Crippen LogP contribution in [0.1, 0.15) is 34.9 Å². The fourth-order valence-corrected chi connectivity index (χ4v) is 3.17. The van der Waals surface area contributed by atoms with E-state index in [4.69, 9.17) is 4.74 Å². The summed E-state index contributed by atoms with van der Waals surface area (Å²) < 4.78 is 19.0. The molecule has 0 radical (unpaired) electrons. The number of rotatable bonds is 7. The van der Waals surface area contributed by atoms with Crippen molar-refractivity contribution >= 4 is 5.91 Å². The topological polar surface area (TPSA) is 41.6 Å². The van der Waals surface area contributed by atoms with Crippen LogP contribution in [0.25, 0.3) is 0 Å². The molecule has 1 N–H and O–H groups in total. The first-order chi connectivity index (χ1) is 12.7. The molecule has 0 spiro atoms. The zero-order valence-electron chi connectivity index (χ0n) is 14.9. The summed E-state index contributed by atoms with van der Waals surface area (Å²) >= 11 is 0. The van der Waals surface area contributed by atoms with Gasteiger partial charge in [-0.1, -0.05) is 36.4 Å². The molecule has 1 saturated heterocycles. The minimum absolute atomic E-state index is 0.137. The van der Waals surface area contributed by atoms with Crippen LogP contribution in [0.15, 0.2) is 54.6 Å². The second-order valence-corrected chi connectivity index (χ2v) is 6.54. The summed E-state index contributed by atoms with van der Waals surface area (Å²) in [5.74, 6) is -0.613. The van der Waals surface area contributed by atoms with Crippen LogP contribution in [0.3, 0.4) is 0 Å². The number of ether oxygens (including phenoxy) is 1. The van der Waals surface area contributed by atoms with Crippen molar-refractivity contribution in [1.29, 1.82) is 0 Å². The fraction of sp³-hybridized carbons (Fsp3) is 0.381. The van der Waals surface area contributed by atoms with Crippen LogP contribution in [-0.2, 0) is 4.74 Å². The van der Waals surface area contributed by atoms with Crippen molar-refractivity contribution in [1.82, 2.24) is 10.2 Å². The van der Waals surface area contributed by atoms with Crippen LogP contribution in [0.4, 0.5) is 4.39 Å². The van der Waals surface area contributed by atoms with Gasteiger partial charge in [0.15, 0.2) is 0 Å². The van der Waals surface area contributed by atoms with Crippen LogP contribution in [0.5, 0.6) is 0 Å². The number of halogens is 1. The largest absolute Gasteiger partial charge is 0.371 e. The van der Waals surface area contributed by atoms with E-state index in [2.05, 4.69) is 22.3 Å². The molecule has 2 aromatic carbocycles. The average molecular weight is 356 g/mol. The lowest BCUT2D eigenvalue weighted by molar-refractivity contribution is -0.0303. The molecule has 0 unspecified atom stereocenters. The summed E-state index contributed by atoms with van der Waals surface area (Å²) in [5, 5.41) is 2.85. The molecule has 26 heavy (non-hydrogen) atoms. The van der Waals surface area contributed by atoms with Gasteiger partial charge in [-0.05, 0) is 43.1 Å². The standard InChI is InChI=1S/C21H25FN2O2/c22-19-10-6-9-18(15-19)21(25)23-11-4-5-12-24-13-14-26-20(16-24)17-7-2-1-3-8-17/h1-3,6-10,15,20H,4-5,11-14,16H2,(H,23,25)/t20-/m1/s1. The molecule has 2 aromatic rings. The number of amides is 1. The van der Waals surface area contributed by atoms with Gasteiger partial charge in [-0.3, -0.25) is 9.69 Å². The van der Waals surface area contributed by atoms with Gasteiger partial charge in [-0.2, -0.15) is 0 Å². The molecule has 138 valence electrons. The van der Waals surface area contributed by atoms with Gasteiger partial charge >= 0.3 is 0 Å². The van der Waals surface area contributed by atoms with E-state index in [1.165, 1.54) is 17.7 Å². The van der Waals surface area contributed by atoms with Crippen molar-refractivity contribution < 1.29 is 13.9 Å². The maximum atomic E-state index is 13.1. The Morgan fingerprint density at radius 2 is 2.00 bits per heavy atom. The number of morpholine rings is 1. The summed E-state index contributed by atoms with van der Waals surface area (Å²) in [6, 6.07) is 16.1. The van der Waals surface area contributed by atoms with Crippen molar-refractivity contribution in [2.75, 3.05) is 32.8 Å². The van der Waals surface area contributed by atoms with E-state index >= 15 is 0 Å². The minimum Gasteiger partial charge on any atom is -0.371 e. The lowest BCUT2D eigenvalue weighted by Crippen LogP contribution is -2.39. The molecule has 4 nitrogen and oxygen atoms in total. The van der Waals surface area contributed by atoms with Crippen molar-refractivity contribution in [2.45, 2.75) is 18.9 Å². The lowest BCUT2D eigenvalue weighted by atomic mass is 10.1. The first-order valence-electron chi connectivity index (χ1n) is 9.15. The Balaban J connectivity index is 1.35. The number of nitrogens with zero attached hydrogens (tertiary/aromatic N) is 1. The summed E-state index contributed by atoms with van der Waals surface area (Å²) in [7, 11) is 0. The summed E-state index contributed by atoms with van der Waals surface area (Å²) in [6.07, 6.45) is 2.04. The zero-order valence-corrected chi connectivity index (χ0v) is 14.9. The molecule has 5 heteroatoms. The Bertz CT molecular complexity index is 708. The Morgan fingerprint density at radius 3 is 2.81 bits per heavy atom. The molecule has 0 aliphatic carbocycles. The summed E-state index contributed by atoms with van der Waals surface area (Å²) in [5.41, 5.74) is 1.59. The van der Waals surface area contributed by atoms with E-state index in [1.807, 2.05) is 18.2 Å². The van der Waals surface area contributed by atoms with Crippen molar-refractivity contribution in [3.63, 3.8) is 0 Å². The monoisotopic (exact) mass is 356 g/mol. The molecule has 0 saturated carbocycles. The lowest BCUT2D eigenvalue weighted by Gasteiger charge is -2.33. The Morgan fingerprint density at radius 1 is 1.15 bits per heavy atom. The highest BCUT2D eigenvalue weighted by Gasteiger charge is 2.21. The number of hydrogen-bond acceptors (Lipinski definition) is 3. The number of carbonyl (C=O) groups is 1. The quantitative estimate of drug-likeness (QED) is 0.773. The van der Waals surface area contributed by atoms with Crippen molar-refractivity contribution in [2.24, 2.45) is 0 Å². The van der Waals surface area contributed by atoms with Gasteiger partial charge in [-0.25, -0.2) is 4.39 Å². The number of unbranched alkanes of at least 4 members (excludes halogenated alkanes) is 1. The molecule has 1 atom stereocenters. The molecule has 1 aliphatic rings. The first kappa shape index (κ1) is 18.5. The van der Waals surface area contributed by atoms with Crippen LogP contribution in [0, 0.1) is 5.82 Å². The van der Waals surface area contributed by atoms with Crippen LogP contribution < -0.4 is 5.32 Å². The molecule has 1 aliphatic heterocycles. The molecule has 3 rings (SSSR count). The third-order valence-electron chi connectivity index (χ3n) is 4.60. The van der Waals surface area contributed by atoms with Gasteiger partial charge in [0.1, 0.15) is 5.82 Å². The fourth-order valence-electron chi connectivity index (χ4n) is 3.17. The zero-order chi connectivity index (χ0) is 18.2. The second kappa shape index (κ2) is 9.46. The molecule has 0 bridgehead atoms. The minimum atomic E-state index is -0.391. The summed E-state index contributed by atoms with van der Waals surface area (Å²) in [4.78, 5) is 14.4. The number of hydrogen-bond donors (Lipinski definition) is 1. The van der Waals surface area contributed by atoms with Crippen molar-refractivity contribution in [3.8, 4) is 0 Å². The normalized spacial score (nSPS) is 17.8. The predicted molar refractivity (Wildman–Crippen MR) is 99.5 cm³/mol. The third-order valence-corrected chi connectivity index (χ3v) is 4.60. The Labute approximate surface area is 154 Å². The molecule has 1 amide bonds. The second-order valence-electron chi connectivity index (χ2n) is 6.54. The van der Waals surface area contributed by atoms with Crippen LogP contribution >= 0.6 is 0 Å². The molecular formula is C21H25FN2O2. The number of carbonyl (C=O) groups excluding carboxylic acids is 1. The van der Waals surface area contributed by atoms with E-state index in [9.17, 15) is 9.18 Å². The van der Waals surface area contributed by atoms with Crippen LogP contribution in [-0.4, -0.2) is 43.6 Å². The molecule has 0 aromatic heterocycles. The van der Waals surface area contributed by atoms with Gasteiger partial charge in [0.25, 0.3) is 5.91 Å². The van der Waals surface area contributed by atoms with Gasteiger partial charge in [-0.15, -0.1) is 0 Å². The van der Waals surface area contributed by atoms with E-state index in [0.29, 0.717) is 12.1 Å². The van der Waals surface area contributed by atoms with E-state index in [0.717, 1.165) is 39.1 Å². The highest BCUT2D eigenvalue weighted by molar-refractivity contribution is 5.94. The molecule has 1 heterocycles. The maximum absolute atomic E-state index is 13.1. The van der Waals surface area contributed by atoms with Gasteiger partial charge in [0.2, 0.25) is 0 Å². The van der Waals surface area contributed by atoms with Crippen molar-refractivity contribution in [3.05, 3.63) is 71.5 Å². The first-order valence-corrected chi connectivity index (χ1v) is 9.15. The Hall–Kier alpha value is -2.24. The average Bonchev–Trinajstić information content (AvgIpc) is 2.68. The Kier molecular flexibility index (Phi) is 6.75. The highest BCUT2D eigenvalue weighted by atomic mass is 19.1. The van der Waals surface area contributed by atoms with Gasteiger partial charge in [0.05, 0.1) is 12.7 Å². The third kappa shape index (κ3) is 5.38. The SMILES string of the molecule is O=C(NCCCCN1CCO[C@@H](c2ccccc2)C1)c1cccc(F)c1. The number of benzene rings is 2. The smallest absolute Gasteiger partial charge is 0.251 e. The molecule has 1 fully saturated rings. The van der Waals surface area contributed by atoms with E-state index in [1.54, 1.807) is 12.1 Å². The molecular weight excluding hydrogens is 331 g/mol. The maximum Gasteiger partial charge on any atom is 0.251 e. The van der Waals surface area contributed by atoms with E-state index < -0.39 is 5.82 Å².